The van der Waals surface area contributed by atoms with E-state index in [0.29, 0.717) is 24.6 Å². The molecular formula is C21H30BrN3O2. The van der Waals surface area contributed by atoms with Crippen molar-refractivity contribution in [3.8, 4) is 0 Å². The minimum absolute atomic E-state index is 0.0397. The first-order valence-corrected chi connectivity index (χ1v) is 11.0. The van der Waals surface area contributed by atoms with Crippen LogP contribution in [0.3, 0.4) is 0 Å². The fraction of sp³-hybridized carbons (Fsp3) is 0.619. The van der Waals surface area contributed by atoms with E-state index in [2.05, 4.69) is 33.1 Å². The minimum atomic E-state index is -0.0397. The van der Waals surface area contributed by atoms with Gasteiger partial charge in [0.05, 0.1) is 6.04 Å². The third-order valence-corrected chi connectivity index (χ3v) is 6.22. The lowest BCUT2D eigenvalue weighted by molar-refractivity contribution is -0.129. The number of piperazine rings is 1. The predicted molar refractivity (Wildman–Crippen MR) is 111 cm³/mol. The molecule has 5 nitrogen and oxygen atoms in total. The number of nitrogens with one attached hydrogen (secondary N) is 1. The highest BCUT2D eigenvalue weighted by Crippen LogP contribution is 2.31. The predicted octanol–water partition coefficient (Wildman–Crippen LogP) is 3.29. The fourth-order valence-electron chi connectivity index (χ4n) is 4.31. The molecule has 2 aliphatic rings. The highest BCUT2D eigenvalue weighted by atomic mass is 79.9. The topological polar surface area (TPSA) is 52.7 Å². The number of amides is 2. The Hall–Kier alpha value is -1.40. The van der Waals surface area contributed by atoms with Gasteiger partial charge in [-0.3, -0.25) is 14.5 Å². The van der Waals surface area contributed by atoms with Crippen LogP contribution in [0.25, 0.3) is 0 Å². The molecule has 3 rings (SSSR count). The molecule has 1 saturated heterocycles. The van der Waals surface area contributed by atoms with E-state index in [1.807, 2.05) is 29.2 Å². The number of carbonyl (C=O) groups excluding carboxylic acids is 2. The van der Waals surface area contributed by atoms with Crippen molar-refractivity contribution < 1.29 is 9.59 Å². The Balaban J connectivity index is 1.62. The van der Waals surface area contributed by atoms with Crippen LogP contribution in [-0.4, -0.2) is 60.4 Å². The molecule has 1 atom stereocenters. The zero-order chi connectivity index (χ0) is 19.2. The van der Waals surface area contributed by atoms with Crippen LogP contribution in [0, 0.1) is 5.92 Å². The Morgan fingerprint density at radius 2 is 1.89 bits per heavy atom. The summed E-state index contributed by atoms with van der Waals surface area (Å²) in [7, 11) is 0. The normalized spacial score (nSPS) is 19.9. The number of hydrogen-bond donors (Lipinski definition) is 1. The van der Waals surface area contributed by atoms with Crippen LogP contribution in [0.5, 0.6) is 0 Å². The van der Waals surface area contributed by atoms with Crippen LogP contribution < -0.4 is 5.32 Å². The summed E-state index contributed by atoms with van der Waals surface area (Å²) in [5.74, 6) is 0.702. The number of nitrogens with zero attached hydrogens (tertiary/aromatic N) is 2. The first-order chi connectivity index (χ1) is 13.1. The van der Waals surface area contributed by atoms with Crippen LogP contribution in [0.1, 0.15) is 49.4 Å². The molecule has 1 aromatic carbocycles. The Bertz CT molecular complexity index is 653. The van der Waals surface area contributed by atoms with Gasteiger partial charge in [0.25, 0.3) is 5.91 Å². The van der Waals surface area contributed by atoms with E-state index < -0.39 is 0 Å². The summed E-state index contributed by atoms with van der Waals surface area (Å²) in [6.45, 7) is 5.70. The van der Waals surface area contributed by atoms with E-state index in [0.717, 1.165) is 43.4 Å². The number of carbonyl (C=O) groups is 2. The summed E-state index contributed by atoms with van der Waals surface area (Å²) >= 11 is 3.43. The molecule has 6 heteroatoms. The van der Waals surface area contributed by atoms with Crippen LogP contribution in [0.4, 0.5) is 0 Å². The molecule has 148 valence electrons. The molecular weight excluding hydrogens is 406 g/mol. The first kappa shape index (κ1) is 20.3. The van der Waals surface area contributed by atoms with E-state index in [1.54, 1.807) is 0 Å². The molecule has 1 unspecified atom stereocenters. The standard InChI is InChI=1S/C21H30BrN3O2/c1-2-10-23-20(26)19(16-6-3-4-7-16)24-11-13-25(14-12-24)21(27)17-8-5-9-18(22)15-17/h5,8-9,15-16,19H,2-4,6-7,10-14H2,1H3,(H,23,26). The van der Waals surface area contributed by atoms with E-state index in [4.69, 9.17) is 0 Å². The van der Waals surface area contributed by atoms with Crippen molar-refractivity contribution in [2.75, 3.05) is 32.7 Å². The van der Waals surface area contributed by atoms with Crippen molar-refractivity contribution in [3.63, 3.8) is 0 Å². The second-order valence-corrected chi connectivity index (χ2v) is 8.53. The summed E-state index contributed by atoms with van der Waals surface area (Å²) in [5.41, 5.74) is 0.714. The molecule has 27 heavy (non-hydrogen) atoms. The summed E-state index contributed by atoms with van der Waals surface area (Å²) in [6, 6.07) is 7.51. The molecule has 0 spiro atoms. The van der Waals surface area contributed by atoms with E-state index in [9.17, 15) is 9.59 Å². The lowest BCUT2D eigenvalue weighted by Gasteiger charge is -2.40. The van der Waals surface area contributed by atoms with Gasteiger partial charge in [-0.15, -0.1) is 0 Å². The average molecular weight is 436 g/mol. The van der Waals surface area contributed by atoms with Gasteiger partial charge in [-0.2, -0.15) is 0 Å². The molecule has 1 heterocycles. The van der Waals surface area contributed by atoms with Gasteiger partial charge in [0.1, 0.15) is 0 Å². The first-order valence-electron chi connectivity index (χ1n) is 10.2. The van der Waals surface area contributed by atoms with E-state index >= 15 is 0 Å². The number of benzene rings is 1. The Morgan fingerprint density at radius 1 is 1.19 bits per heavy atom. The average Bonchev–Trinajstić information content (AvgIpc) is 3.21. The lowest BCUT2D eigenvalue weighted by Crippen LogP contribution is -2.58. The fourth-order valence-corrected chi connectivity index (χ4v) is 4.71. The molecule has 1 aliphatic heterocycles. The quantitative estimate of drug-likeness (QED) is 0.745. The van der Waals surface area contributed by atoms with Crippen molar-refractivity contribution in [1.29, 1.82) is 0 Å². The summed E-state index contributed by atoms with van der Waals surface area (Å²) in [5, 5.41) is 3.11. The molecule has 0 bridgehead atoms. The SMILES string of the molecule is CCCNC(=O)C(C1CCCC1)N1CCN(C(=O)c2cccc(Br)c2)CC1. The van der Waals surface area contributed by atoms with Gasteiger partial charge in [0.15, 0.2) is 0 Å². The molecule has 2 amide bonds. The number of hydrogen-bond acceptors (Lipinski definition) is 3. The summed E-state index contributed by atoms with van der Waals surface area (Å²) < 4.78 is 0.917. The lowest BCUT2D eigenvalue weighted by atomic mass is 9.95. The maximum atomic E-state index is 12.8. The van der Waals surface area contributed by atoms with E-state index in [-0.39, 0.29) is 17.9 Å². The van der Waals surface area contributed by atoms with E-state index in [1.165, 1.54) is 12.8 Å². The molecule has 2 fully saturated rings. The van der Waals surface area contributed by atoms with Crippen molar-refractivity contribution in [3.05, 3.63) is 34.3 Å². The van der Waals surface area contributed by atoms with Gasteiger partial charge in [-0.25, -0.2) is 0 Å². The second kappa shape index (κ2) is 9.69. The molecule has 0 aromatic heterocycles. The highest BCUT2D eigenvalue weighted by molar-refractivity contribution is 9.10. The molecule has 1 aromatic rings. The van der Waals surface area contributed by atoms with Gasteiger partial charge in [0.2, 0.25) is 5.91 Å². The van der Waals surface area contributed by atoms with Crippen LogP contribution in [0.15, 0.2) is 28.7 Å². The van der Waals surface area contributed by atoms with Crippen molar-refractivity contribution in [2.45, 2.75) is 45.1 Å². The van der Waals surface area contributed by atoms with Gasteiger partial charge in [-0.05, 0) is 43.4 Å². The van der Waals surface area contributed by atoms with Gasteiger partial charge in [-0.1, -0.05) is 41.8 Å². The smallest absolute Gasteiger partial charge is 0.253 e. The van der Waals surface area contributed by atoms with Crippen molar-refractivity contribution in [2.24, 2.45) is 5.92 Å². The monoisotopic (exact) mass is 435 g/mol. The zero-order valence-electron chi connectivity index (χ0n) is 16.1. The third kappa shape index (κ3) is 5.11. The van der Waals surface area contributed by atoms with Gasteiger partial charge in [0, 0.05) is 42.8 Å². The molecule has 0 radical (unpaired) electrons. The molecule has 1 N–H and O–H groups in total. The third-order valence-electron chi connectivity index (χ3n) is 5.73. The molecule has 1 aliphatic carbocycles. The summed E-state index contributed by atoms with van der Waals surface area (Å²) in [6.07, 6.45) is 5.69. The zero-order valence-corrected chi connectivity index (χ0v) is 17.7. The number of halogens is 1. The molecule has 1 saturated carbocycles. The Kier molecular flexibility index (Phi) is 7.30. The number of rotatable bonds is 6. The second-order valence-electron chi connectivity index (χ2n) is 7.62. The van der Waals surface area contributed by atoms with Crippen LogP contribution in [-0.2, 0) is 4.79 Å². The van der Waals surface area contributed by atoms with Crippen LogP contribution in [0.2, 0.25) is 0 Å². The van der Waals surface area contributed by atoms with Crippen molar-refractivity contribution in [1.82, 2.24) is 15.1 Å². The minimum Gasteiger partial charge on any atom is -0.355 e. The largest absolute Gasteiger partial charge is 0.355 e. The maximum Gasteiger partial charge on any atom is 0.253 e. The maximum absolute atomic E-state index is 12.8. The summed E-state index contributed by atoms with van der Waals surface area (Å²) in [4.78, 5) is 29.8. The van der Waals surface area contributed by atoms with Crippen molar-refractivity contribution >= 4 is 27.7 Å². The van der Waals surface area contributed by atoms with Gasteiger partial charge < -0.3 is 10.2 Å². The van der Waals surface area contributed by atoms with Crippen LogP contribution >= 0.6 is 15.9 Å². The highest BCUT2D eigenvalue weighted by Gasteiger charge is 2.37. The van der Waals surface area contributed by atoms with Gasteiger partial charge >= 0.3 is 0 Å². The Morgan fingerprint density at radius 3 is 2.52 bits per heavy atom. The Labute approximate surface area is 170 Å².